The molecule has 0 radical (unpaired) electrons. The zero-order valence-electron chi connectivity index (χ0n) is 23.6. The van der Waals surface area contributed by atoms with E-state index in [1.54, 1.807) is 0 Å². The standard InChI is InChI=1S/C31H61NO3/c1-3-5-7-9-11-13-15-16-17-19-21-23-25-27-31(35)32-29(28-33)30(34)26-24-22-20-18-14-12-10-8-6-4-2/h14,18,29-30,33-34H,3-13,15-17,19-28H2,1-2H3,(H,32,35)/b18-14+/t29-,30+/m0/s1. The minimum atomic E-state index is -0.673. The molecule has 0 unspecified atom stereocenters. The number of carbonyl (C=O) groups is 1. The van der Waals surface area contributed by atoms with E-state index in [1.165, 1.54) is 103 Å². The maximum absolute atomic E-state index is 12.2. The Bertz CT molecular complexity index is 466. The smallest absolute Gasteiger partial charge is 0.220 e. The molecule has 0 aromatic rings. The number of hydrogen-bond acceptors (Lipinski definition) is 3. The van der Waals surface area contributed by atoms with Crippen molar-refractivity contribution in [3.63, 3.8) is 0 Å². The van der Waals surface area contributed by atoms with Crippen LogP contribution in [-0.2, 0) is 4.79 Å². The second-order valence-electron chi connectivity index (χ2n) is 10.5. The summed E-state index contributed by atoms with van der Waals surface area (Å²) < 4.78 is 0. The maximum Gasteiger partial charge on any atom is 0.220 e. The first-order chi connectivity index (χ1) is 17.2. The molecule has 1 amide bonds. The number of allylic oxidation sites excluding steroid dienone is 2. The van der Waals surface area contributed by atoms with Crippen LogP contribution in [0.1, 0.15) is 162 Å². The molecule has 0 aliphatic rings. The fraction of sp³-hybridized carbons (Fsp3) is 0.903. The summed E-state index contributed by atoms with van der Waals surface area (Å²) in [5.74, 6) is -0.0443. The summed E-state index contributed by atoms with van der Waals surface area (Å²) in [5, 5.41) is 22.8. The highest BCUT2D eigenvalue weighted by molar-refractivity contribution is 5.76. The number of unbranched alkanes of at least 4 members (excludes halogenated alkanes) is 18. The van der Waals surface area contributed by atoms with Crippen LogP contribution in [0.3, 0.4) is 0 Å². The van der Waals surface area contributed by atoms with Gasteiger partial charge < -0.3 is 15.5 Å². The fourth-order valence-electron chi connectivity index (χ4n) is 4.59. The van der Waals surface area contributed by atoms with E-state index in [0.717, 1.165) is 32.1 Å². The second kappa shape index (κ2) is 27.7. The van der Waals surface area contributed by atoms with E-state index in [4.69, 9.17) is 0 Å². The highest BCUT2D eigenvalue weighted by Gasteiger charge is 2.19. The summed E-state index contributed by atoms with van der Waals surface area (Å²) in [6.07, 6.45) is 31.1. The molecule has 0 saturated carbocycles. The van der Waals surface area contributed by atoms with Crippen molar-refractivity contribution in [3.05, 3.63) is 12.2 Å². The van der Waals surface area contributed by atoms with E-state index in [-0.39, 0.29) is 12.5 Å². The summed E-state index contributed by atoms with van der Waals surface area (Å²) in [4.78, 5) is 12.2. The molecule has 3 N–H and O–H groups in total. The minimum absolute atomic E-state index is 0.0443. The highest BCUT2D eigenvalue weighted by atomic mass is 16.3. The monoisotopic (exact) mass is 495 g/mol. The molecule has 0 aliphatic carbocycles. The summed E-state index contributed by atoms with van der Waals surface area (Å²) in [7, 11) is 0. The lowest BCUT2D eigenvalue weighted by molar-refractivity contribution is -0.123. The van der Waals surface area contributed by atoms with Gasteiger partial charge in [-0.1, -0.05) is 129 Å². The molecule has 4 nitrogen and oxygen atoms in total. The van der Waals surface area contributed by atoms with Crippen molar-refractivity contribution in [2.24, 2.45) is 0 Å². The van der Waals surface area contributed by atoms with E-state index >= 15 is 0 Å². The zero-order valence-corrected chi connectivity index (χ0v) is 23.6. The lowest BCUT2D eigenvalue weighted by Crippen LogP contribution is -2.45. The molecule has 0 spiro atoms. The minimum Gasteiger partial charge on any atom is -0.394 e. The lowest BCUT2D eigenvalue weighted by Gasteiger charge is -2.22. The number of rotatable bonds is 27. The third kappa shape index (κ3) is 24.6. The van der Waals surface area contributed by atoms with Gasteiger partial charge >= 0.3 is 0 Å². The molecular weight excluding hydrogens is 434 g/mol. The number of nitrogens with one attached hydrogen (secondary N) is 1. The summed E-state index contributed by atoms with van der Waals surface area (Å²) in [6.45, 7) is 4.29. The van der Waals surface area contributed by atoms with Crippen LogP contribution in [0.5, 0.6) is 0 Å². The second-order valence-corrected chi connectivity index (χ2v) is 10.5. The quantitative estimate of drug-likeness (QED) is 0.0791. The maximum atomic E-state index is 12.2. The summed E-state index contributed by atoms with van der Waals surface area (Å²) >= 11 is 0. The average Bonchev–Trinajstić information content (AvgIpc) is 2.86. The van der Waals surface area contributed by atoms with Gasteiger partial charge in [0.15, 0.2) is 0 Å². The van der Waals surface area contributed by atoms with E-state index in [9.17, 15) is 15.0 Å². The van der Waals surface area contributed by atoms with Crippen LogP contribution in [0.25, 0.3) is 0 Å². The van der Waals surface area contributed by atoms with Crippen molar-refractivity contribution in [2.75, 3.05) is 6.61 Å². The molecular formula is C31H61NO3. The molecule has 0 bridgehead atoms. The molecule has 35 heavy (non-hydrogen) atoms. The van der Waals surface area contributed by atoms with E-state index in [2.05, 4.69) is 31.3 Å². The van der Waals surface area contributed by atoms with Gasteiger partial charge in [0.1, 0.15) is 0 Å². The predicted molar refractivity (Wildman–Crippen MR) is 152 cm³/mol. The molecule has 0 aromatic carbocycles. The van der Waals surface area contributed by atoms with Crippen LogP contribution in [0.2, 0.25) is 0 Å². The van der Waals surface area contributed by atoms with Gasteiger partial charge in [-0.3, -0.25) is 4.79 Å². The van der Waals surface area contributed by atoms with Crippen molar-refractivity contribution >= 4 is 5.91 Å². The molecule has 0 aliphatic heterocycles. The van der Waals surface area contributed by atoms with Crippen molar-refractivity contribution in [1.82, 2.24) is 5.32 Å². The average molecular weight is 496 g/mol. The summed E-state index contributed by atoms with van der Waals surface area (Å²) in [5.41, 5.74) is 0. The van der Waals surface area contributed by atoms with Gasteiger partial charge in [0, 0.05) is 6.42 Å². The molecule has 0 rings (SSSR count). The molecule has 0 heterocycles. The topological polar surface area (TPSA) is 69.6 Å². The van der Waals surface area contributed by atoms with Gasteiger partial charge in [0.2, 0.25) is 5.91 Å². The third-order valence-corrected chi connectivity index (χ3v) is 7.03. The van der Waals surface area contributed by atoms with Gasteiger partial charge in [0.25, 0.3) is 0 Å². The number of hydrogen-bond donors (Lipinski definition) is 3. The Morgan fingerprint density at radius 1 is 0.657 bits per heavy atom. The first-order valence-electron chi connectivity index (χ1n) is 15.4. The number of carbonyl (C=O) groups excluding carboxylic acids is 1. The number of aliphatic hydroxyl groups excluding tert-OH is 2. The van der Waals surface area contributed by atoms with E-state index < -0.39 is 12.1 Å². The normalized spacial score (nSPS) is 13.4. The number of amides is 1. The molecule has 4 heteroatoms. The molecule has 208 valence electrons. The Balaban J connectivity index is 3.62. The lowest BCUT2D eigenvalue weighted by atomic mass is 10.0. The Kier molecular flexibility index (Phi) is 27.0. The Hall–Kier alpha value is -0.870. The predicted octanol–water partition coefficient (Wildman–Crippen LogP) is 8.39. The van der Waals surface area contributed by atoms with Crippen LogP contribution in [0.15, 0.2) is 12.2 Å². The van der Waals surface area contributed by atoms with Crippen molar-refractivity contribution in [1.29, 1.82) is 0 Å². The van der Waals surface area contributed by atoms with Crippen LogP contribution in [-0.4, -0.2) is 34.9 Å². The first kappa shape index (κ1) is 34.1. The van der Waals surface area contributed by atoms with Gasteiger partial charge in [-0.15, -0.1) is 0 Å². The molecule has 0 fully saturated rings. The Morgan fingerprint density at radius 3 is 1.57 bits per heavy atom. The Morgan fingerprint density at radius 2 is 1.09 bits per heavy atom. The zero-order chi connectivity index (χ0) is 25.8. The van der Waals surface area contributed by atoms with E-state index in [0.29, 0.717) is 12.8 Å². The highest BCUT2D eigenvalue weighted by Crippen LogP contribution is 2.13. The van der Waals surface area contributed by atoms with Gasteiger partial charge in [0.05, 0.1) is 18.8 Å². The van der Waals surface area contributed by atoms with Crippen LogP contribution >= 0.6 is 0 Å². The fourth-order valence-corrected chi connectivity index (χ4v) is 4.59. The van der Waals surface area contributed by atoms with Crippen LogP contribution < -0.4 is 5.32 Å². The first-order valence-corrected chi connectivity index (χ1v) is 15.4. The molecule has 2 atom stereocenters. The van der Waals surface area contributed by atoms with Crippen molar-refractivity contribution in [3.8, 4) is 0 Å². The van der Waals surface area contributed by atoms with Crippen LogP contribution in [0.4, 0.5) is 0 Å². The summed E-state index contributed by atoms with van der Waals surface area (Å²) in [6, 6.07) is -0.543. The van der Waals surface area contributed by atoms with E-state index in [1.807, 2.05) is 0 Å². The van der Waals surface area contributed by atoms with Crippen molar-refractivity contribution < 1.29 is 15.0 Å². The van der Waals surface area contributed by atoms with Crippen LogP contribution in [0, 0.1) is 0 Å². The molecule has 0 saturated heterocycles. The SMILES string of the molecule is CCCCCC/C=C/CCCC[C@@H](O)[C@H](CO)NC(=O)CCCCCCCCCCCCCCC. The number of aliphatic hydroxyl groups is 2. The molecule has 0 aromatic heterocycles. The van der Waals surface area contributed by atoms with Gasteiger partial charge in [-0.05, 0) is 38.5 Å². The Labute approximate surface area is 218 Å². The van der Waals surface area contributed by atoms with Gasteiger partial charge in [-0.25, -0.2) is 0 Å². The third-order valence-electron chi connectivity index (χ3n) is 7.03. The van der Waals surface area contributed by atoms with Gasteiger partial charge in [-0.2, -0.15) is 0 Å². The van der Waals surface area contributed by atoms with Crippen molar-refractivity contribution in [2.45, 2.75) is 174 Å². The largest absolute Gasteiger partial charge is 0.394 e.